The van der Waals surface area contributed by atoms with Gasteiger partial charge in [0.1, 0.15) is 5.54 Å². The van der Waals surface area contributed by atoms with E-state index in [9.17, 15) is 4.79 Å². The van der Waals surface area contributed by atoms with Gasteiger partial charge in [-0.1, -0.05) is 19.1 Å². The number of hydrogen-bond acceptors (Lipinski definition) is 4. The Morgan fingerprint density at radius 3 is 2.67 bits per heavy atom. The van der Waals surface area contributed by atoms with Crippen LogP contribution in [-0.4, -0.2) is 43.2 Å². The zero-order chi connectivity index (χ0) is 15.3. The Morgan fingerprint density at radius 1 is 1.38 bits per heavy atom. The molecule has 0 unspecified atom stereocenters. The molecule has 1 saturated heterocycles. The summed E-state index contributed by atoms with van der Waals surface area (Å²) < 4.78 is 5.07. The molecule has 0 radical (unpaired) electrons. The maximum Gasteiger partial charge on any atom is 0.331 e. The number of piperidine rings is 1. The van der Waals surface area contributed by atoms with Crippen molar-refractivity contribution in [2.45, 2.75) is 38.6 Å². The van der Waals surface area contributed by atoms with E-state index < -0.39 is 5.54 Å². The summed E-state index contributed by atoms with van der Waals surface area (Å²) >= 11 is 0. The molecule has 116 valence electrons. The minimum absolute atomic E-state index is 0.153. The summed E-state index contributed by atoms with van der Waals surface area (Å²) in [7, 11) is 1.47. The van der Waals surface area contributed by atoms with Gasteiger partial charge < -0.3 is 15.0 Å². The number of carbonyl (C=O) groups is 1. The fraction of sp³-hybridized carbons (Fsp3) is 0.588. The summed E-state index contributed by atoms with van der Waals surface area (Å²) in [6.45, 7) is 7.21. The molecule has 0 atom stereocenters. The maximum atomic E-state index is 12.3. The molecule has 1 fully saturated rings. The van der Waals surface area contributed by atoms with E-state index in [2.05, 4.69) is 36.2 Å². The third kappa shape index (κ3) is 3.76. The molecule has 4 nitrogen and oxygen atoms in total. The van der Waals surface area contributed by atoms with Gasteiger partial charge in [0.2, 0.25) is 0 Å². The van der Waals surface area contributed by atoms with Crippen LogP contribution in [0.25, 0.3) is 0 Å². The van der Waals surface area contributed by atoms with Crippen molar-refractivity contribution in [1.29, 1.82) is 0 Å². The lowest BCUT2D eigenvalue weighted by molar-refractivity contribution is -0.147. The van der Waals surface area contributed by atoms with Crippen molar-refractivity contribution in [3.8, 4) is 0 Å². The zero-order valence-corrected chi connectivity index (χ0v) is 13.3. The Labute approximate surface area is 127 Å². The first-order valence-corrected chi connectivity index (χ1v) is 7.75. The fourth-order valence-corrected chi connectivity index (χ4v) is 3.05. The highest BCUT2D eigenvalue weighted by Gasteiger charge is 2.42. The van der Waals surface area contributed by atoms with Crippen molar-refractivity contribution in [2.75, 3.05) is 32.1 Å². The second-order valence-electron chi connectivity index (χ2n) is 5.91. The predicted molar refractivity (Wildman–Crippen MR) is 85.5 cm³/mol. The minimum atomic E-state index is -0.590. The molecule has 1 aromatic rings. The van der Waals surface area contributed by atoms with Gasteiger partial charge in [0, 0.05) is 18.8 Å². The van der Waals surface area contributed by atoms with Gasteiger partial charge >= 0.3 is 5.97 Å². The summed E-state index contributed by atoms with van der Waals surface area (Å²) in [4.78, 5) is 14.8. The van der Waals surface area contributed by atoms with E-state index in [4.69, 9.17) is 4.74 Å². The summed E-state index contributed by atoms with van der Waals surface area (Å²) in [6.07, 6.45) is 2.72. The Morgan fingerprint density at radius 2 is 2.10 bits per heavy atom. The van der Waals surface area contributed by atoms with Crippen LogP contribution in [-0.2, 0) is 9.53 Å². The number of carbonyl (C=O) groups excluding carboxylic acids is 1. The first-order valence-electron chi connectivity index (χ1n) is 7.75. The topological polar surface area (TPSA) is 41.6 Å². The summed E-state index contributed by atoms with van der Waals surface area (Å²) in [5.74, 6) is -0.153. The standard InChI is InChI=1S/C17H26N2O2/c1-4-10-19-11-8-17(9-12-19,16(20)21-3)18-15-7-5-6-14(2)13-15/h5-7,13,18H,4,8-12H2,1-3H3. The summed E-state index contributed by atoms with van der Waals surface area (Å²) in [5.41, 5.74) is 1.58. The Hall–Kier alpha value is -1.55. The number of methoxy groups -OCH3 is 1. The van der Waals surface area contributed by atoms with Gasteiger partial charge in [-0.3, -0.25) is 0 Å². The molecular formula is C17H26N2O2. The number of benzene rings is 1. The van der Waals surface area contributed by atoms with Gasteiger partial charge in [0.05, 0.1) is 7.11 Å². The van der Waals surface area contributed by atoms with Crippen LogP contribution in [0.1, 0.15) is 31.7 Å². The number of nitrogens with zero attached hydrogens (tertiary/aromatic N) is 1. The van der Waals surface area contributed by atoms with Crippen LogP contribution in [0.5, 0.6) is 0 Å². The van der Waals surface area contributed by atoms with E-state index in [0.717, 1.165) is 44.6 Å². The molecule has 0 spiro atoms. The largest absolute Gasteiger partial charge is 0.467 e. The fourth-order valence-electron chi connectivity index (χ4n) is 3.05. The van der Waals surface area contributed by atoms with Crippen molar-refractivity contribution >= 4 is 11.7 Å². The minimum Gasteiger partial charge on any atom is -0.467 e. The Bertz CT molecular complexity index is 479. The van der Waals surface area contributed by atoms with Crippen molar-refractivity contribution in [2.24, 2.45) is 0 Å². The second-order valence-corrected chi connectivity index (χ2v) is 5.91. The van der Waals surface area contributed by atoms with Crippen molar-refractivity contribution < 1.29 is 9.53 Å². The van der Waals surface area contributed by atoms with Crippen LogP contribution >= 0.6 is 0 Å². The smallest absolute Gasteiger partial charge is 0.331 e. The molecule has 1 heterocycles. The number of esters is 1. The average Bonchev–Trinajstić information content (AvgIpc) is 2.49. The van der Waals surface area contributed by atoms with Crippen molar-refractivity contribution in [3.05, 3.63) is 29.8 Å². The van der Waals surface area contributed by atoms with Crippen LogP contribution < -0.4 is 5.32 Å². The molecule has 0 bridgehead atoms. The number of hydrogen-bond donors (Lipinski definition) is 1. The monoisotopic (exact) mass is 290 g/mol. The second kappa shape index (κ2) is 6.94. The average molecular weight is 290 g/mol. The van der Waals surface area contributed by atoms with Crippen molar-refractivity contribution in [1.82, 2.24) is 4.90 Å². The summed E-state index contributed by atoms with van der Waals surface area (Å²) in [6, 6.07) is 8.15. The van der Waals surface area contributed by atoms with E-state index >= 15 is 0 Å². The number of ether oxygens (including phenoxy) is 1. The quantitative estimate of drug-likeness (QED) is 0.847. The molecule has 1 aromatic carbocycles. The SMILES string of the molecule is CCCN1CCC(Nc2cccc(C)c2)(C(=O)OC)CC1. The molecule has 0 aliphatic carbocycles. The zero-order valence-electron chi connectivity index (χ0n) is 13.3. The Kier molecular flexibility index (Phi) is 5.23. The number of anilines is 1. The number of rotatable bonds is 5. The maximum absolute atomic E-state index is 12.3. The van der Waals surface area contributed by atoms with E-state index in [0.29, 0.717) is 0 Å². The van der Waals surface area contributed by atoms with Gasteiger partial charge in [0.25, 0.3) is 0 Å². The van der Waals surface area contributed by atoms with Crippen LogP contribution in [0.4, 0.5) is 5.69 Å². The van der Waals surface area contributed by atoms with Gasteiger partial charge in [-0.25, -0.2) is 4.79 Å². The molecule has 1 N–H and O–H groups in total. The van der Waals surface area contributed by atoms with E-state index in [-0.39, 0.29) is 5.97 Å². The van der Waals surface area contributed by atoms with Crippen LogP contribution in [0, 0.1) is 6.92 Å². The molecular weight excluding hydrogens is 264 g/mol. The first kappa shape index (κ1) is 15.8. The molecule has 21 heavy (non-hydrogen) atoms. The molecule has 2 rings (SSSR count). The van der Waals surface area contributed by atoms with E-state index in [1.807, 2.05) is 12.1 Å². The third-order valence-electron chi connectivity index (χ3n) is 4.23. The van der Waals surface area contributed by atoms with E-state index in [1.165, 1.54) is 12.7 Å². The van der Waals surface area contributed by atoms with Crippen LogP contribution in [0.15, 0.2) is 24.3 Å². The number of aryl methyl sites for hydroxylation is 1. The molecule has 0 amide bonds. The normalized spacial score (nSPS) is 18.2. The van der Waals surface area contributed by atoms with Gasteiger partial charge in [-0.2, -0.15) is 0 Å². The molecule has 4 heteroatoms. The lowest BCUT2D eigenvalue weighted by Crippen LogP contribution is -2.55. The highest BCUT2D eigenvalue weighted by atomic mass is 16.5. The lowest BCUT2D eigenvalue weighted by Gasteiger charge is -2.40. The highest BCUT2D eigenvalue weighted by Crippen LogP contribution is 2.29. The van der Waals surface area contributed by atoms with Gasteiger partial charge in [0.15, 0.2) is 0 Å². The van der Waals surface area contributed by atoms with Crippen LogP contribution in [0.2, 0.25) is 0 Å². The highest BCUT2D eigenvalue weighted by molar-refractivity contribution is 5.84. The molecule has 1 aliphatic heterocycles. The summed E-state index contributed by atoms with van der Waals surface area (Å²) in [5, 5.41) is 3.45. The van der Waals surface area contributed by atoms with E-state index in [1.54, 1.807) is 0 Å². The predicted octanol–water partition coefficient (Wildman–Crippen LogP) is 2.82. The van der Waals surface area contributed by atoms with Gasteiger partial charge in [-0.15, -0.1) is 0 Å². The number of nitrogens with one attached hydrogen (secondary N) is 1. The van der Waals surface area contributed by atoms with Crippen LogP contribution in [0.3, 0.4) is 0 Å². The number of likely N-dealkylation sites (tertiary alicyclic amines) is 1. The molecule has 1 aliphatic rings. The van der Waals surface area contributed by atoms with Crippen molar-refractivity contribution in [3.63, 3.8) is 0 Å². The third-order valence-corrected chi connectivity index (χ3v) is 4.23. The molecule has 0 saturated carbocycles. The first-order chi connectivity index (χ1) is 10.1. The van der Waals surface area contributed by atoms with Gasteiger partial charge in [-0.05, 0) is 50.4 Å². The Balaban J connectivity index is 2.14. The lowest BCUT2D eigenvalue weighted by atomic mass is 9.87. The molecule has 0 aromatic heterocycles.